The van der Waals surface area contributed by atoms with Gasteiger partial charge in [-0.2, -0.15) is 0 Å². The van der Waals surface area contributed by atoms with Crippen LogP contribution < -0.4 is 5.46 Å². The van der Waals surface area contributed by atoms with Crippen molar-refractivity contribution in [3.63, 3.8) is 0 Å². The second-order valence-electron chi connectivity index (χ2n) is 2.78. The van der Waals surface area contributed by atoms with Gasteiger partial charge in [0.1, 0.15) is 7.85 Å². The summed E-state index contributed by atoms with van der Waals surface area (Å²) in [5.41, 5.74) is 4.75. The van der Waals surface area contributed by atoms with Crippen LogP contribution in [0.4, 0.5) is 0 Å². The van der Waals surface area contributed by atoms with E-state index < -0.39 is 0 Å². The molecule has 0 saturated carbocycles. The maximum Gasteiger partial charge on any atom is 0.113 e. The molecule has 0 spiro atoms. The van der Waals surface area contributed by atoms with Gasteiger partial charge in [0.15, 0.2) is 0 Å². The molecule has 1 aromatic carbocycles. The first kappa shape index (κ1) is 7.39. The molecule has 0 aromatic heterocycles. The number of hydrogen-bond acceptors (Lipinski definition) is 0. The molecule has 0 aliphatic heterocycles. The third kappa shape index (κ3) is 1.23. The second-order valence-corrected chi connectivity index (χ2v) is 2.78. The van der Waals surface area contributed by atoms with Crippen LogP contribution >= 0.6 is 0 Å². The zero-order valence-corrected chi connectivity index (χ0v) is 6.73. The summed E-state index contributed by atoms with van der Waals surface area (Å²) in [6.07, 6.45) is 0. The summed E-state index contributed by atoms with van der Waals surface area (Å²) in [5.74, 6) is 0. The van der Waals surface area contributed by atoms with Gasteiger partial charge in [0, 0.05) is 0 Å². The predicted molar refractivity (Wildman–Crippen MR) is 46.0 cm³/mol. The number of rotatable bonds is 0. The van der Waals surface area contributed by atoms with Crippen LogP contribution in [0, 0.1) is 20.8 Å². The molecule has 0 heterocycles. The Labute approximate surface area is 63.7 Å². The highest BCUT2D eigenvalue weighted by atomic mass is 14.0. The molecule has 0 amide bonds. The smallest absolute Gasteiger partial charge is 0.0961 e. The fourth-order valence-corrected chi connectivity index (χ4v) is 1.07. The Morgan fingerprint density at radius 1 is 1.00 bits per heavy atom. The maximum absolute atomic E-state index is 5.63. The molecule has 50 valence electrons. The molecule has 0 unspecified atom stereocenters. The zero-order valence-electron chi connectivity index (χ0n) is 6.73. The van der Waals surface area contributed by atoms with Crippen LogP contribution in [-0.2, 0) is 0 Å². The summed E-state index contributed by atoms with van der Waals surface area (Å²) in [5, 5.41) is 0. The monoisotopic (exact) mass is 130 g/mol. The van der Waals surface area contributed by atoms with Crippen molar-refractivity contribution in [3.05, 3.63) is 28.8 Å². The van der Waals surface area contributed by atoms with Crippen LogP contribution in [0.2, 0.25) is 0 Å². The Balaban J connectivity index is 3.31. The lowest BCUT2D eigenvalue weighted by molar-refractivity contribution is 1.28. The lowest BCUT2D eigenvalue weighted by Gasteiger charge is -2.05. The minimum Gasteiger partial charge on any atom is -0.0961 e. The highest BCUT2D eigenvalue weighted by Gasteiger charge is 1.95. The number of aryl methyl sites for hydroxylation is 2. The van der Waals surface area contributed by atoms with Gasteiger partial charge in [0.2, 0.25) is 0 Å². The topological polar surface area (TPSA) is 0 Å². The quantitative estimate of drug-likeness (QED) is 0.465. The average molecular weight is 130 g/mol. The largest absolute Gasteiger partial charge is 0.113 e. The molecule has 1 aromatic rings. The minimum absolute atomic E-state index is 0.862. The summed E-state index contributed by atoms with van der Waals surface area (Å²) >= 11 is 0. The lowest BCUT2D eigenvalue weighted by Crippen LogP contribution is -2.04. The van der Waals surface area contributed by atoms with E-state index in [4.69, 9.17) is 7.85 Å². The van der Waals surface area contributed by atoms with Crippen LogP contribution in [0.5, 0.6) is 0 Å². The number of hydrogen-bond donors (Lipinski definition) is 0. The molecule has 2 radical (unpaired) electrons. The van der Waals surface area contributed by atoms with Crippen molar-refractivity contribution in [3.8, 4) is 0 Å². The van der Waals surface area contributed by atoms with Gasteiger partial charge >= 0.3 is 0 Å². The Morgan fingerprint density at radius 3 is 1.80 bits per heavy atom. The molecular formula is C9H11B. The van der Waals surface area contributed by atoms with Gasteiger partial charge in [-0.05, 0) is 37.5 Å². The van der Waals surface area contributed by atoms with E-state index in [0.717, 1.165) is 5.46 Å². The van der Waals surface area contributed by atoms with E-state index in [9.17, 15) is 0 Å². The first-order valence-corrected chi connectivity index (χ1v) is 3.44. The van der Waals surface area contributed by atoms with Gasteiger partial charge in [0.05, 0.1) is 0 Å². The molecule has 0 atom stereocenters. The van der Waals surface area contributed by atoms with Crippen LogP contribution in [0.1, 0.15) is 16.7 Å². The van der Waals surface area contributed by atoms with Gasteiger partial charge in [-0.1, -0.05) is 17.6 Å². The lowest BCUT2D eigenvalue weighted by atomic mass is 9.90. The second kappa shape index (κ2) is 2.49. The van der Waals surface area contributed by atoms with Crippen molar-refractivity contribution >= 4 is 13.3 Å². The predicted octanol–water partition coefficient (Wildman–Crippen LogP) is 1.41. The minimum atomic E-state index is 0.862. The van der Waals surface area contributed by atoms with Crippen molar-refractivity contribution in [2.45, 2.75) is 20.8 Å². The molecule has 0 saturated heterocycles. The number of benzene rings is 1. The normalized spacial score (nSPS) is 9.90. The van der Waals surface area contributed by atoms with Crippen LogP contribution in [0.25, 0.3) is 0 Å². The fraction of sp³-hybridized carbons (Fsp3) is 0.333. The van der Waals surface area contributed by atoms with Crippen molar-refractivity contribution in [1.82, 2.24) is 0 Å². The Kier molecular flexibility index (Phi) is 1.84. The van der Waals surface area contributed by atoms with E-state index in [2.05, 4.69) is 20.8 Å². The third-order valence-electron chi connectivity index (χ3n) is 1.95. The average Bonchev–Trinajstić information content (AvgIpc) is 1.82. The Morgan fingerprint density at radius 2 is 1.40 bits per heavy atom. The molecule has 0 aliphatic rings. The summed E-state index contributed by atoms with van der Waals surface area (Å²) in [7, 11) is 5.63. The van der Waals surface area contributed by atoms with Crippen molar-refractivity contribution in [1.29, 1.82) is 0 Å². The van der Waals surface area contributed by atoms with E-state index in [-0.39, 0.29) is 0 Å². The van der Waals surface area contributed by atoms with Gasteiger partial charge in [-0.3, -0.25) is 0 Å². The SMILES string of the molecule is [B]c1cc(C)c(C)c(C)c1. The molecule has 0 bridgehead atoms. The van der Waals surface area contributed by atoms with Gasteiger partial charge in [0.25, 0.3) is 0 Å². The van der Waals surface area contributed by atoms with Gasteiger partial charge in [-0.15, -0.1) is 0 Å². The van der Waals surface area contributed by atoms with Crippen molar-refractivity contribution < 1.29 is 0 Å². The molecule has 0 aliphatic carbocycles. The highest BCUT2D eigenvalue weighted by molar-refractivity contribution is 6.32. The summed E-state index contributed by atoms with van der Waals surface area (Å²) in [6.45, 7) is 6.28. The first-order chi connectivity index (χ1) is 4.61. The van der Waals surface area contributed by atoms with Crippen molar-refractivity contribution in [2.75, 3.05) is 0 Å². The molecule has 0 N–H and O–H groups in total. The van der Waals surface area contributed by atoms with E-state index in [1.165, 1.54) is 16.7 Å². The van der Waals surface area contributed by atoms with E-state index >= 15 is 0 Å². The Bertz CT molecular complexity index is 228. The summed E-state index contributed by atoms with van der Waals surface area (Å²) in [6, 6.07) is 4.00. The molecule has 1 rings (SSSR count). The standard InChI is InChI=1S/C9H11B/c1-6-4-9(10)5-7(2)8(6)3/h4-5H,1-3H3. The zero-order chi connectivity index (χ0) is 7.72. The van der Waals surface area contributed by atoms with Crippen LogP contribution in [0.15, 0.2) is 12.1 Å². The van der Waals surface area contributed by atoms with Crippen LogP contribution in [0.3, 0.4) is 0 Å². The molecule has 1 heteroatoms. The highest BCUT2D eigenvalue weighted by Crippen LogP contribution is 2.08. The third-order valence-corrected chi connectivity index (χ3v) is 1.95. The van der Waals surface area contributed by atoms with Crippen molar-refractivity contribution in [2.24, 2.45) is 0 Å². The van der Waals surface area contributed by atoms with E-state index in [1.807, 2.05) is 12.1 Å². The van der Waals surface area contributed by atoms with E-state index in [1.54, 1.807) is 0 Å². The molecular weight excluding hydrogens is 119 g/mol. The summed E-state index contributed by atoms with van der Waals surface area (Å²) < 4.78 is 0. The fourth-order valence-electron chi connectivity index (χ4n) is 1.07. The maximum atomic E-state index is 5.63. The van der Waals surface area contributed by atoms with Crippen LogP contribution in [-0.4, -0.2) is 7.85 Å². The Hall–Kier alpha value is -0.715. The van der Waals surface area contributed by atoms with E-state index in [0.29, 0.717) is 0 Å². The first-order valence-electron chi connectivity index (χ1n) is 3.44. The summed E-state index contributed by atoms with van der Waals surface area (Å²) in [4.78, 5) is 0. The van der Waals surface area contributed by atoms with Gasteiger partial charge < -0.3 is 0 Å². The molecule has 10 heavy (non-hydrogen) atoms. The van der Waals surface area contributed by atoms with Gasteiger partial charge in [-0.25, -0.2) is 0 Å². The molecule has 0 nitrogen and oxygen atoms in total. The molecule has 0 fully saturated rings.